The highest BCUT2D eigenvalue weighted by Gasteiger charge is 2.43. The smallest absolute Gasteiger partial charge is 0.376 e. The minimum atomic E-state index is -0.477. The number of piperidine rings is 1. The van der Waals surface area contributed by atoms with Gasteiger partial charge in [-0.15, -0.1) is 0 Å². The largest absolute Gasteiger partial charge is 0.487 e. The third kappa shape index (κ3) is 2.62. The van der Waals surface area contributed by atoms with E-state index in [0.29, 0.717) is 6.42 Å². The standard InChI is InChI=1S/C14H19BBrNO3/c1-15(19)17-6-4-14(5-7-17)9-12(18)11-8-10(16)2-3-13(11)20-14/h2-3,8,12,18-19H,4-7,9H2,1H3. The summed E-state index contributed by atoms with van der Waals surface area (Å²) in [6.07, 6.45) is 1.83. The number of aliphatic hydroxyl groups is 1. The van der Waals surface area contributed by atoms with E-state index in [1.54, 1.807) is 6.82 Å². The lowest BCUT2D eigenvalue weighted by Gasteiger charge is -2.46. The molecule has 0 bridgehead atoms. The molecule has 0 aromatic heterocycles. The molecule has 1 fully saturated rings. The Morgan fingerprint density at radius 2 is 2.10 bits per heavy atom. The molecule has 3 rings (SSSR count). The molecule has 108 valence electrons. The summed E-state index contributed by atoms with van der Waals surface area (Å²) in [6.45, 7) is 3.40. The number of hydrogen-bond donors (Lipinski definition) is 2. The van der Waals surface area contributed by atoms with Crippen LogP contribution in [-0.2, 0) is 0 Å². The number of aliphatic hydroxyl groups excluding tert-OH is 1. The summed E-state index contributed by atoms with van der Waals surface area (Å²) in [5.41, 5.74) is 0.578. The molecule has 6 heteroatoms. The summed E-state index contributed by atoms with van der Waals surface area (Å²) in [4.78, 5) is 2.04. The van der Waals surface area contributed by atoms with Crippen LogP contribution < -0.4 is 4.74 Å². The lowest BCUT2D eigenvalue weighted by Crippen LogP contribution is -2.53. The molecule has 1 aromatic rings. The van der Waals surface area contributed by atoms with Crippen molar-refractivity contribution in [3.8, 4) is 5.75 Å². The van der Waals surface area contributed by atoms with Crippen molar-refractivity contribution < 1.29 is 14.9 Å². The molecule has 0 amide bonds. The minimum Gasteiger partial charge on any atom is -0.487 e. The molecule has 1 unspecified atom stereocenters. The highest BCUT2D eigenvalue weighted by atomic mass is 79.9. The summed E-state index contributed by atoms with van der Waals surface area (Å²) in [6, 6.07) is 5.79. The third-order valence-corrected chi connectivity index (χ3v) is 4.95. The molecule has 2 N–H and O–H groups in total. The van der Waals surface area contributed by atoms with E-state index in [1.807, 2.05) is 23.0 Å². The fraction of sp³-hybridized carbons (Fsp3) is 0.571. The molecule has 0 radical (unpaired) electrons. The molecule has 2 aliphatic heterocycles. The number of halogens is 1. The first kappa shape index (κ1) is 14.4. The summed E-state index contributed by atoms with van der Waals surface area (Å²) >= 11 is 3.43. The van der Waals surface area contributed by atoms with Gasteiger partial charge in [0.2, 0.25) is 0 Å². The quantitative estimate of drug-likeness (QED) is 0.770. The number of nitrogens with zero attached hydrogens (tertiary/aromatic N) is 1. The molecule has 2 heterocycles. The van der Waals surface area contributed by atoms with Crippen molar-refractivity contribution in [3.05, 3.63) is 28.2 Å². The van der Waals surface area contributed by atoms with Crippen LogP contribution in [0.2, 0.25) is 6.82 Å². The van der Waals surface area contributed by atoms with E-state index in [2.05, 4.69) is 15.9 Å². The zero-order valence-corrected chi connectivity index (χ0v) is 13.1. The summed E-state index contributed by atoms with van der Waals surface area (Å²) < 4.78 is 7.18. The molecule has 0 saturated carbocycles. The Morgan fingerprint density at radius 3 is 2.75 bits per heavy atom. The van der Waals surface area contributed by atoms with Gasteiger partial charge in [0.05, 0.1) is 6.10 Å². The fourth-order valence-corrected chi connectivity index (χ4v) is 3.60. The van der Waals surface area contributed by atoms with Gasteiger partial charge >= 0.3 is 7.05 Å². The summed E-state index contributed by atoms with van der Waals surface area (Å²) in [5, 5.41) is 20.0. The topological polar surface area (TPSA) is 52.9 Å². The molecule has 1 spiro atoms. The van der Waals surface area contributed by atoms with E-state index in [0.717, 1.165) is 41.7 Å². The van der Waals surface area contributed by atoms with E-state index < -0.39 is 13.2 Å². The first-order valence-corrected chi connectivity index (χ1v) is 7.87. The molecule has 4 nitrogen and oxygen atoms in total. The van der Waals surface area contributed by atoms with E-state index in [4.69, 9.17) is 4.74 Å². The molecule has 1 saturated heterocycles. The molecule has 1 atom stereocenters. The minimum absolute atomic E-state index is 0.286. The average molecular weight is 340 g/mol. The maximum absolute atomic E-state index is 10.4. The predicted molar refractivity (Wildman–Crippen MR) is 81.7 cm³/mol. The van der Waals surface area contributed by atoms with Gasteiger partial charge in [-0.25, -0.2) is 0 Å². The highest BCUT2D eigenvalue weighted by molar-refractivity contribution is 9.10. The SMILES string of the molecule is CB(O)N1CCC2(CC1)CC(O)c1cc(Br)ccc1O2. The predicted octanol–water partition coefficient (Wildman–Crippen LogP) is 2.21. The monoisotopic (exact) mass is 339 g/mol. The van der Waals surface area contributed by atoms with Crippen molar-refractivity contribution in [2.45, 2.75) is 37.8 Å². The van der Waals surface area contributed by atoms with Crippen molar-refractivity contribution in [1.29, 1.82) is 0 Å². The van der Waals surface area contributed by atoms with Crippen LogP contribution >= 0.6 is 15.9 Å². The van der Waals surface area contributed by atoms with Crippen LogP contribution in [0.5, 0.6) is 5.75 Å². The summed E-state index contributed by atoms with van der Waals surface area (Å²) in [7, 11) is -0.413. The fourth-order valence-electron chi connectivity index (χ4n) is 3.22. The van der Waals surface area contributed by atoms with Gasteiger partial charge in [0, 0.05) is 16.5 Å². The molecule has 1 aromatic carbocycles. The zero-order chi connectivity index (χ0) is 14.3. The van der Waals surface area contributed by atoms with E-state index in [9.17, 15) is 10.1 Å². The van der Waals surface area contributed by atoms with Crippen molar-refractivity contribution >= 4 is 23.0 Å². The number of rotatable bonds is 1. The first-order valence-electron chi connectivity index (χ1n) is 7.08. The Morgan fingerprint density at radius 1 is 1.40 bits per heavy atom. The van der Waals surface area contributed by atoms with Gasteiger partial charge in [-0.2, -0.15) is 0 Å². The first-order chi connectivity index (χ1) is 9.49. The van der Waals surface area contributed by atoms with E-state index >= 15 is 0 Å². The van der Waals surface area contributed by atoms with Gasteiger partial charge in [-0.1, -0.05) is 15.9 Å². The maximum atomic E-state index is 10.4. The van der Waals surface area contributed by atoms with Gasteiger partial charge in [-0.3, -0.25) is 0 Å². The van der Waals surface area contributed by atoms with Crippen LogP contribution in [0.3, 0.4) is 0 Å². The summed E-state index contributed by atoms with van der Waals surface area (Å²) in [5.74, 6) is 0.789. The molecule has 20 heavy (non-hydrogen) atoms. The molecule has 0 aliphatic carbocycles. The zero-order valence-electron chi connectivity index (χ0n) is 11.6. The third-order valence-electron chi connectivity index (χ3n) is 4.46. The Kier molecular flexibility index (Phi) is 3.84. The van der Waals surface area contributed by atoms with Gasteiger partial charge < -0.3 is 19.7 Å². The van der Waals surface area contributed by atoms with Gasteiger partial charge in [-0.05, 0) is 51.0 Å². The van der Waals surface area contributed by atoms with Gasteiger partial charge in [0.15, 0.2) is 0 Å². The number of ether oxygens (including phenoxy) is 1. The van der Waals surface area contributed by atoms with Crippen LogP contribution in [0.25, 0.3) is 0 Å². The van der Waals surface area contributed by atoms with Crippen LogP contribution in [0, 0.1) is 0 Å². The average Bonchev–Trinajstić information content (AvgIpc) is 2.40. The van der Waals surface area contributed by atoms with Crippen LogP contribution in [0.4, 0.5) is 0 Å². The second kappa shape index (κ2) is 5.33. The van der Waals surface area contributed by atoms with Crippen molar-refractivity contribution in [2.75, 3.05) is 13.1 Å². The van der Waals surface area contributed by atoms with Crippen molar-refractivity contribution in [2.24, 2.45) is 0 Å². The normalized spacial score (nSPS) is 25.1. The maximum Gasteiger partial charge on any atom is 0.376 e. The molecule has 2 aliphatic rings. The van der Waals surface area contributed by atoms with Gasteiger partial charge in [0.25, 0.3) is 0 Å². The van der Waals surface area contributed by atoms with Crippen LogP contribution in [0.15, 0.2) is 22.7 Å². The number of hydrogen-bond acceptors (Lipinski definition) is 4. The van der Waals surface area contributed by atoms with E-state index in [-0.39, 0.29) is 5.60 Å². The Hall–Kier alpha value is -0.555. The second-order valence-corrected chi connectivity index (χ2v) is 6.77. The van der Waals surface area contributed by atoms with Crippen LogP contribution in [-0.4, -0.2) is 40.7 Å². The van der Waals surface area contributed by atoms with Crippen LogP contribution in [0.1, 0.15) is 30.9 Å². The molecular formula is C14H19BBrNO3. The number of benzene rings is 1. The van der Waals surface area contributed by atoms with Crippen molar-refractivity contribution in [1.82, 2.24) is 4.81 Å². The lowest BCUT2D eigenvalue weighted by molar-refractivity contribution is -0.0454. The van der Waals surface area contributed by atoms with E-state index in [1.165, 1.54) is 0 Å². The number of fused-ring (bicyclic) bond motifs is 1. The molecular weight excluding hydrogens is 321 g/mol. The van der Waals surface area contributed by atoms with Crippen molar-refractivity contribution in [3.63, 3.8) is 0 Å². The Balaban J connectivity index is 1.80. The lowest BCUT2D eigenvalue weighted by atomic mass is 9.76. The highest BCUT2D eigenvalue weighted by Crippen LogP contribution is 2.44. The van der Waals surface area contributed by atoms with Gasteiger partial charge in [0.1, 0.15) is 11.4 Å². The Labute approximate surface area is 128 Å². The second-order valence-electron chi connectivity index (χ2n) is 5.85. The Bertz CT molecular complexity index is 503.